The van der Waals surface area contributed by atoms with E-state index in [1.54, 1.807) is 13.3 Å². The summed E-state index contributed by atoms with van der Waals surface area (Å²) in [6.45, 7) is 6.60. The number of amides is 1. The molecule has 0 radical (unpaired) electrons. The maximum Gasteiger partial charge on any atom is 0.251 e. The minimum Gasteiger partial charge on any atom is -0.342 e. The molecule has 1 saturated heterocycles. The van der Waals surface area contributed by atoms with Crippen LogP contribution in [0.3, 0.4) is 0 Å². The van der Waals surface area contributed by atoms with Gasteiger partial charge in [-0.1, -0.05) is 19.1 Å². The van der Waals surface area contributed by atoms with E-state index in [4.69, 9.17) is 0 Å². The van der Waals surface area contributed by atoms with Gasteiger partial charge in [-0.05, 0) is 111 Å². The van der Waals surface area contributed by atoms with E-state index in [2.05, 4.69) is 11.9 Å². The molecule has 3 aliphatic rings. The predicted octanol–water partition coefficient (Wildman–Crippen LogP) is 7.46. The van der Waals surface area contributed by atoms with Gasteiger partial charge in [-0.2, -0.15) is 0 Å². The van der Waals surface area contributed by atoms with Crippen LogP contribution < -0.4 is 0 Å². The molecule has 5 rings (SSSR count). The van der Waals surface area contributed by atoms with Crippen LogP contribution in [-0.2, 0) is 11.2 Å². The fraction of sp³-hybridized carbons (Fsp3) is 0.588. The Morgan fingerprint density at radius 2 is 1.67 bits per heavy atom. The number of rotatable bonds is 6. The molecule has 1 saturated carbocycles. The number of aryl methyl sites for hydroxylation is 1. The number of nitrogens with zero attached hydrogens (tertiary/aromatic N) is 3. The lowest BCUT2D eigenvalue weighted by molar-refractivity contribution is -0.137. The molecule has 228 valence electrons. The van der Waals surface area contributed by atoms with E-state index in [9.17, 15) is 13.6 Å². The smallest absolute Gasteiger partial charge is 0.251 e. The van der Waals surface area contributed by atoms with Gasteiger partial charge >= 0.3 is 0 Å². The number of piperidine rings is 1. The number of alkyl halides is 2. The Balaban J connectivity index is 1.42. The van der Waals surface area contributed by atoms with E-state index in [1.165, 1.54) is 17.0 Å². The summed E-state index contributed by atoms with van der Waals surface area (Å²) >= 11 is 0. The highest BCUT2D eigenvalue weighted by Gasteiger charge is 2.39. The van der Waals surface area contributed by atoms with Gasteiger partial charge in [0.05, 0.1) is 12.6 Å². The first-order chi connectivity index (χ1) is 20.1. The third kappa shape index (κ3) is 6.15. The summed E-state index contributed by atoms with van der Waals surface area (Å²) in [6, 6.07) is 5.14. The summed E-state index contributed by atoms with van der Waals surface area (Å²) in [5.41, 5.74) is 3.78. The third-order valence-electron chi connectivity index (χ3n) is 9.93. The van der Waals surface area contributed by atoms with Crippen molar-refractivity contribution < 1.29 is 22.4 Å². The van der Waals surface area contributed by atoms with Crippen LogP contribution in [0.5, 0.6) is 0 Å². The van der Waals surface area contributed by atoms with Crippen LogP contribution in [0.2, 0.25) is 0 Å². The SMILES string of the molecule is CN=Cc1c(C)ccc2c1C[C@@H](C)N(CC(F)F)C2c1c(F)cc(C2CCN(C(=O)C3CCC(C)CC3)CC2)cc1F. The fourth-order valence-electron chi connectivity index (χ4n) is 7.50. The highest BCUT2D eigenvalue weighted by Crippen LogP contribution is 2.43. The van der Waals surface area contributed by atoms with Crippen molar-refractivity contribution in [2.45, 2.75) is 90.1 Å². The van der Waals surface area contributed by atoms with Gasteiger partial charge in [0.25, 0.3) is 6.43 Å². The summed E-state index contributed by atoms with van der Waals surface area (Å²) in [6.07, 6.45) is 4.93. The van der Waals surface area contributed by atoms with E-state index >= 15 is 8.78 Å². The molecule has 2 aromatic carbocycles. The zero-order valence-electron chi connectivity index (χ0n) is 25.2. The monoisotopic (exact) mass is 585 g/mol. The van der Waals surface area contributed by atoms with Gasteiger partial charge in [-0.15, -0.1) is 0 Å². The normalized spacial score (nSPS) is 25.8. The number of benzene rings is 2. The lowest BCUT2D eigenvalue weighted by atomic mass is 9.80. The molecule has 2 fully saturated rings. The second-order valence-corrected chi connectivity index (χ2v) is 12.7. The van der Waals surface area contributed by atoms with E-state index in [1.807, 2.05) is 30.9 Å². The molecule has 2 heterocycles. The van der Waals surface area contributed by atoms with Crippen molar-refractivity contribution in [1.82, 2.24) is 9.80 Å². The first kappa shape index (κ1) is 30.7. The lowest BCUT2D eigenvalue weighted by Crippen LogP contribution is -2.46. The quantitative estimate of drug-likeness (QED) is 0.261. The number of likely N-dealkylation sites (tertiary alicyclic amines) is 1. The number of carbonyl (C=O) groups is 1. The largest absolute Gasteiger partial charge is 0.342 e. The van der Waals surface area contributed by atoms with Crippen LogP contribution in [0, 0.1) is 30.4 Å². The molecule has 2 aliphatic heterocycles. The number of hydrogen-bond donors (Lipinski definition) is 0. The second-order valence-electron chi connectivity index (χ2n) is 12.7. The molecule has 2 atom stereocenters. The molecule has 0 N–H and O–H groups in total. The maximum absolute atomic E-state index is 16.0. The Kier molecular flexibility index (Phi) is 9.41. The Morgan fingerprint density at radius 1 is 1.02 bits per heavy atom. The minimum absolute atomic E-state index is 0.0665. The standard InChI is InChI=1S/C34H43F4N3O/c1-20-5-8-24(9-6-20)34(42)40-13-11-23(12-14-40)25-16-29(35)32(30(36)17-25)33-26-10-7-21(2)28(18-39-4)27(26)15-22(3)41(33)19-31(37)38/h7,10,16-18,20,22-24,31,33H,5-6,8-9,11-15,19H2,1-4H3/t20?,22-,24?,33?/m1/s1. The van der Waals surface area contributed by atoms with Crippen molar-refractivity contribution in [2.75, 3.05) is 26.7 Å². The van der Waals surface area contributed by atoms with Crippen LogP contribution in [0.1, 0.15) is 97.7 Å². The van der Waals surface area contributed by atoms with Crippen LogP contribution in [0.4, 0.5) is 17.6 Å². The minimum atomic E-state index is -2.64. The average Bonchev–Trinajstić information content (AvgIpc) is 2.96. The van der Waals surface area contributed by atoms with Crippen molar-refractivity contribution in [3.05, 3.63) is 69.3 Å². The summed E-state index contributed by atoms with van der Waals surface area (Å²) in [7, 11) is 1.67. The number of fused-ring (bicyclic) bond motifs is 1. The summed E-state index contributed by atoms with van der Waals surface area (Å²) in [5, 5.41) is 0. The number of carbonyl (C=O) groups excluding carboxylic acids is 1. The number of halogens is 4. The van der Waals surface area contributed by atoms with Gasteiger partial charge in [0.15, 0.2) is 0 Å². The van der Waals surface area contributed by atoms with Gasteiger partial charge in [-0.25, -0.2) is 17.6 Å². The number of hydrogen-bond acceptors (Lipinski definition) is 3. The Hall–Kier alpha value is -2.74. The third-order valence-corrected chi connectivity index (χ3v) is 9.93. The van der Waals surface area contributed by atoms with E-state index in [-0.39, 0.29) is 29.3 Å². The van der Waals surface area contributed by atoms with E-state index in [0.29, 0.717) is 49.4 Å². The van der Waals surface area contributed by atoms with Crippen LogP contribution >= 0.6 is 0 Å². The topological polar surface area (TPSA) is 35.9 Å². The zero-order valence-corrected chi connectivity index (χ0v) is 25.2. The first-order valence-corrected chi connectivity index (χ1v) is 15.4. The molecule has 0 aromatic heterocycles. The number of aliphatic imine (C=N–C) groups is 1. The molecule has 1 unspecified atom stereocenters. The van der Waals surface area contributed by atoms with E-state index in [0.717, 1.165) is 42.4 Å². The Labute approximate surface area is 247 Å². The van der Waals surface area contributed by atoms with Crippen molar-refractivity contribution >= 4 is 12.1 Å². The van der Waals surface area contributed by atoms with Crippen LogP contribution in [-0.4, -0.2) is 61.1 Å². The highest BCUT2D eigenvalue weighted by atomic mass is 19.3. The molecule has 1 amide bonds. The molecule has 0 spiro atoms. The summed E-state index contributed by atoms with van der Waals surface area (Å²) < 4.78 is 59.6. The zero-order chi connectivity index (χ0) is 30.1. The predicted molar refractivity (Wildman–Crippen MR) is 158 cm³/mol. The second kappa shape index (κ2) is 12.9. The summed E-state index contributed by atoms with van der Waals surface area (Å²) in [4.78, 5) is 20.7. The molecular weight excluding hydrogens is 542 g/mol. The van der Waals surface area contributed by atoms with E-state index < -0.39 is 30.6 Å². The lowest BCUT2D eigenvalue weighted by Gasteiger charge is -2.43. The van der Waals surface area contributed by atoms with Gasteiger partial charge in [0.1, 0.15) is 11.6 Å². The molecule has 1 aliphatic carbocycles. The average molecular weight is 586 g/mol. The van der Waals surface area contributed by atoms with Crippen molar-refractivity contribution in [3.8, 4) is 0 Å². The Bertz CT molecular complexity index is 1290. The van der Waals surface area contributed by atoms with Gasteiger partial charge < -0.3 is 4.90 Å². The molecule has 4 nitrogen and oxygen atoms in total. The molecule has 8 heteroatoms. The van der Waals surface area contributed by atoms with Crippen molar-refractivity contribution in [3.63, 3.8) is 0 Å². The van der Waals surface area contributed by atoms with Gasteiger partial charge in [0.2, 0.25) is 5.91 Å². The molecular formula is C34H43F4N3O. The molecule has 42 heavy (non-hydrogen) atoms. The van der Waals surface area contributed by atoms with Gasteiger partial charge in [-0.3, -0.25) is 14.7 Å². The molecule has 2 aromatic rings. The van der Waals surface area contributed by atoms with Crippen LogP contribution in [0.25, 0.3) is 0 Å². The first-order valence-electron chi connectivity index (χ1n) is 15.4. The van der Waals surface area contributed by atoms with Crippen LogP contribution in [0.15, 0.2) is 29.3 Å². The fourth-order valence-corrected chi connectivity index (χ4v) is 7.50. The summed E-state index contributed by atoms with van der Waals surface area (Å²) in [5.74, 6) is -0.498. The van der Waals surface area contributed by atoms with Gasteiger partial charge in [0, 0.05) is 43.9 Å². The molecule has 0 bridgehead atoms. The van der Waals surface area contributed by atoms with Crippen molar-refractivity contribution in [2.24, 2.45) is 16.8 Å². The maximum atomic E-state index is 16.0. The van der Waals surface area contributed by atoms with Crippen molar-refractivity contribution in [1.29, 1.82) is 0 Å². The Morgan fingerprint density at radius 3 is 2.26 bits per heavy atom. The highest BCUT2D eigenvalue weighted by molar-refractivity contribution is 5.85.